The number of likely N-dealkylation sites (N-methyl/N-ethyl adjacent to an activating group) is 1. The molecule has 0 amide bonds. The molecule has 1 saturated carbocycles. The van der Waals surface area contributed by atoms with Crippen LogP contribution in [0.4, 0.5) is 0 Å². The van der Waals surface area contributed by atoms with Gasteiger partial charge in [-0.3, -0.25) is 0 Å². The van der Waals surface area contributed by atoms with E-state index in [9.17, 15) is 0 Å². The van der Waals surface area contributed by atoms with Crippen LogP contribution < -0.4 is 5.32 Å². The van der Waals surface area contributed by atoms with E-state index in [0.717, 1.165) is 17.9 Å². The molecule has 0 spiro atoms. The Kier molecular flexibility index (Phi) is 4.26. The molecule has 1 saturated heterocycles. The van der Waals surface area contributed by atoms with Crippen molar-refractivity contribution < 1.29 is 0 Å². The van der Waals surface area contributed by atoms with Gasteiger partial charge in [-0.2, -0.15) is 0 Å². The Morgan fingerprint density at radius 2 is 1.81 bits per heavy atom. The van der Waals surface area contributed by atoms with E-state index in [0.29, 0.717) is 6.04 Å². The minimum atomic E-state index is 0.699. The van der Waals surface area contributed by atoms with Crippen LogP contribution in [0.2, 0.25) is 0 Å². The van der Waals surface area contributed by atoms with Crippen molar-refractivity contribution in [1.29, 1.82) is 0 Å². The van der Waals surface area contributed by atoms with Crippen molar-refractivity contribution in [2.45, 2.75) is 58.0 Å². The van der Waals surface area contributed by atoms with Gasteiger partial charge in [0.2, 0.25) is 0 Å². The van der Waals surface area contributed by atoms with E-state index in [1.54, 1.807) is 0 Å². The maximum Gasteiger partial charge on any atom is 0.0246 e. The molecule has 0 aromatic heterocycles. The number of nitrogens with zero attached hydrogens (tertiary/aromatic N) is 1. The lowest BCUT2D eigenvalue weighted by Crippen LogP contribution is -2.59. The molecule has 2 rings (SSSR count). The summed E-state index contributed by atoms with van der Waals surface area (Å²) < 4.78 is 0. The molecule has 2 aliphatic rings. The van der Waals surface area contributed by atoms with Gasteiger partial charge in [0, 0.05) is 25.2 Å². The third-order valence-corrected chi connectivity index (χ3v) is 4.64. The van der Waals surface area contributed by atoms with E-state index in [1.807, 2.05) is 0 Å². The molecule has 94 valence electrons. The summed E-state index contributed by atoms with van der Waals surface area (Å²) in [5.74, 6) is 1.72. The Labute approximate surface area is 101 Å². The number of hydrogen-bond acceptors (Lipinski definition) is 2. The van der Waals surface area contributed by atoms with Gasteiger partial charge in [0.05, 0.1) is 0 Å². The molecule has 2 heteroatoms. The standard InChI is InChI=1S/C14H28N2/c1-11(2)13-10-16(3)14(9-15-13)12-7-5-4-6-8-12/h11-15H,4-10H2,1-3H3. The molecule has 1 N–H and O–H groups in total. The molecule has 16 heavy (non-hydrogen) atoms. The zero-order valence-electron chi connectivity index (χ0n) is 11.2. The highest BCUT2D eigenvalue weighted by molar-refractivity contribution is 4.90. The van der Waals surface area contributed by atoms with E-state index in [4.69, 9.17) is 0 Å². The van der Waals surface area contributed by atoms with E-state index >= 15 is 0 Å². The van der Waals surface area contributed by atoms with Crippen molar-refractivity contribution in [3.05, 3.63) is 0 Å². The Hall–Kier alpha value is -0.0800. The van der Waals surface area contributed by atoms with Crippen LogP contribution in [0.3, 0.4) is 0 Å². The molecule has 1 aliphatic heterocycles. The third kappa shape index (κ3) is 2.78. The van der Waals surface area contributed by atoms with Crippen molar-refractivity contribution in [2.75, 3.05) is 20.1 Å². The number of rotatable bonds is 2. The topological polar surface area (TPSA) is 15.3 Å². The zero-order chi connectivity index (χ0) is 11.5. The molecule has 0 aromatic carbocycles. The normalized spacial score (nSPS) is 34.5. The summed E-state index contributed by atoms with van der Waals surface area (Å²) in [7, 11) is 2.33. The average molecular weight is 224 g/mol. The highest BCUT2D eigenvalue weighted by Crippen LogP contribution is 2.30. The molecule has 0 bridgehead atoms. The second kappa shape index (κ2) is 5.50. The van der Waals surface area contributed by atoms with Crippen LogP contribution in [0.25, 0.3) is 0 Å². The maximum absolute atomic E-state index is 3.75. The molecule has 0 radical (unpaired) electrons. The molecular formula is C14H28N2. The first-order chi connectivity index (χ1) is 7.68. The first-order valence-electron chi connectivity index (χ1n) is 7.12. The van der Waals surface area contributed by atoms with Crippen molar-refractivity contribution in [3.8, 4) is 0 Å². The van der Waals surface area contributed by atoms with Gasteiger partial charge < -0.3 is 10.2 Å². The molecule has 1 aliphatic carbocycles. The SMILES string of the molecule is CC(C)C1CN(C)C(C2CCCCC2)CN1. The second-order valence-electron chi connectivity index (χ2n) is 6.16. The molecule has 2 unspecified atom stereocenters. The lowest BCUT2D eigenvalue weighted by atomic mass is 9.82. The first kappa shape index (κ1) is 12.4. The summed E-state index contributed by atoms with van der Waals surface area (Å²) in [4.78, 5) is 2.62. The van der Waals surface area contributed by atoms with Gasteiger partial charge in [0.15, 0.2) is 0 Å². The smallest absolute Gasteiger partial charge is 0.0246 e. The lowest BCUT2D eigenvalue weighted by molar-refractivity contribution is 0.0842. The molecular weight excluding hydrogens is 196 g/mol. The Morgan fingerprint density at radius 3 is 2.38 bits per heavy atom. The predicted molar refractivity (Wildman–Crippen MR) is 69.6 cm³/mol. The van der Waals surface area contributed by atoms with E-state index in [2.05, 4.69) is 31.1 Å². The van der Waals surface area contributed by atoms with Crippen molar-refractivity contribution in [1.82, 2.24) is 10.2 Å². The fourth-order valence-corrected chi connectivity index (χ4v) is 3.43. The number of hydrogen-bond donors (Lipinski definition) is 1. The van der Waals surface area contributed by atoms with E-state index in [1.165, 1.54) is 45.2 Å². The highest BCUT2D eigenvalue weighted by Gasteiger charge is 2.32. The van der Waals surface area contributed by atoms with Gasteiger partial charge in [0.25, 0.3) is 0 Å². The fraction of sp³-hybridized carbons (Fsp3) is 1.00. The van der Waals surface area contributed by atoms with E-state index in [-0.39, 0.29) is 0 Å². The van der Waals surface area contributed by atoms with Crippen LogP contribution in [0.1, 0.15) is 46.0 Å². The lowest BCUT2D eigenvalue weighted by Gasteiger charge is -2.44. The summed E-state index contributed by atoms with van der Waals surface area (Å²) in [6, 6.07) is 1.50. The van der Waals surface area contributed by atoms with Crippen molar-refractivity contribution in [3.63, 3.8) is 0 Å². The molecule has 2 atom stereocenters. The minimum absolute atomic E-state index is 0.699. The summed E-state index contributed by atoms with van der Waals surface area (Å²) in [6.45, 7) is 7.10. The summed E-state index contributed by atoms with van der Waals surface area (Å²) in [6.07, 6.45) is 7.31. The first-order valence-corrected chi connectivity index (χ1v) is 7.12. The second-order valence-corrected chi connectivity index (χ2v) is 6.16. The van der Waals surface area contributed by atoms with Gasteiger partial charge in [-0.25, -0.2) is 0 Å². The summed E-state index contributed by atoms with van der Waals surface area (Å²) >= 11 is 0. The van der Waals surface area contributed by atoms with Gasteiger partial charge in [0.1, 0.15) is 0 Å². The molecule has 1 heterocycles. The van der Waals surface area contributed by atoms with Gasteiger partial charge in [-0.15, -0.1) is 0 Å². The van der Waals surface area contributed by atoms with Crippen LogP contribution in [-0.2, 0) is 0 Å². The maximum atomic E-state index is 3.75. The quantitative estimate of drug-likeness (QED) is 0.775. The molecule has 0 aromatic rings. The van der Waals surface area contributed by atoms with Gasteiger partial charge in [-0.05, 0) is 31.7 Å². The van der Waals surface area contributed by atoms with E-state index < -0.39 is 0 Å². The van der Waals surface area contributed by atoms with Crippen LogP contribution >= 0.6 is 0 Å². The van der Waals surface area contributed by atoms with Crippen LogP contribution in [0.5, 0.6) is 0 Å². The Balaban J connectivity index is 1.87. The monoisotopic (exact) mass is 224 g/mol. The highest BCUT2D eigenvalue weighted by atomic mass is 15.2. The summed E-state index contributed by atoms with van der Waals surface area (Å²) in [5, 5.41) is 3.75. The number of piperazine rings is 1. The zero-order valence-corrected chi connectivity index (χ0v) is 11.2. The van der Waals surface area contributed by atoms with Crippen LogP contribution in [-0.4, -0.2) is 37.1 Å². The summed E-state index contributed by atoms with van der Waals surface area (Å²) in [5.41, 5.74) is 0. The van der Waals surface area contributed by atoms with Gasteiger partial charge in [-0.1, -0.05) is 33.1 Å². The third-order valence-electron chi connectivity index (χ3n) is 4.64. The van der Waals surface area contributed by atoms with Crippen LogP contribution in [0, 0.1) is 11.8 Å². The fourth-order valence-electron chi connectivity index (χ4n) is 3.43. The Bertz CT molecular complexity index is 209. The molecule has 2 nitrogen and oxygen atoms in total. The largest absolute Gasteiger partial charge is 0.311 e. The van der Waals surface area contributed by atoms with Crippen molar-refractivity contribution in [2.24, 2.45) is 11.8 Å². The predicted octanol–water partition coefficient (Wildman–Crippen LogP) is 2.49. The van der Waals surface area contributed by atoms with Crippen molar-refractivity contribution >= 4 is 0 Å². The Morgan fingerprint density at radius 1 is 1.12 bits per heavy atom. The van der Waals surface area contributed by atoms with Crippen LogP contribution in [0.15, 0.2) is 0 Å². The number of nitrogens with one attached hydrogen (secondary N) is 1. The molecule has 2 fully saturated rings. The van der Waals surface area contributed by atoms with Gasteiger partial charge >= 0.3 is 0 Å². The minimum Gasteiger partial charge on any atom is -0.311 e. The average Bonchev–Trinajstić information content (AvgIpc) is 2.30.